The number of rotatable bonds is 1. The van der Waals surface area contributed by atoms with E-state index in [0.717, 1.165) is 12.0 Å². The Hall–Kier alpha value is -1.35. The summed E-state index contributed by atoms with van der Waals surface area (Å²) in [6, 6.07) is 10.0. The lowest BCUT2D eigenvalue weighted by atomic mass is 9.88. The van der Waals surface area contributed by atoms with Crippen LogP contribution >= 0.6 is 0 Å². The number of ether oxygens (including phenoxy) is 1. The van der Waals surface area contributed by atoms with Gasteiger partial charge in [-0.15, -0.1) is 0 Å². The standard InChI is InChI=1S/C11H11NO2/c13-11-9-6-8(14-9)10(12-11)7-4-2-1-3-5-7/h1-5,8-10H,6H2,(H,12,13). The summed E-state index contributed by atoms with van der Waals surface area (Å²) in [7, 11) is 0. The molecule has 0 radical (unpaired) electrons. The lowest BCUT2D eigenvalue weighted by Crippen LogP contribution is -2.60. The molecule has 0 spiro atoms. The van der Waals surface area contributed by atoms with E-state index in [0.29, 0.717) is 0 Å². The maximum atomic E-state index is 11.4. The molecule has 3 nitrogen and oxygen atoms in total. The molecule has 3 fully saturated rings. The highest BCUT2D eigenvalue weighted by Crippen LogP contribution is 2.36. The Balaban J connectivity index is 1.89. The minimum Gasteiger partial charge on any atom is -0.362 e. The van der Waals surface area contributed by atoms with Crippen LogP contribution < -0.4 is 5.32 Å². The summed E-state index contributed by atoms with van der Waals surface area (Å²) in [6.07, 6.45) is 0.867. The fourth-order valence-corrected chi connectivity index (χ4v) is 2.09. The van der Waals surface area contributed by atoms with Crippen molar-refractivity contribution >= 4 is 5.91 Å². The smallest absolute Gasteiger partial charge is 0.249 e. The number of nitrogens with one attached hydrogen (secondary N) is 1. The van der Waals surface area contributed by atoms with Crippen molar-refractivity contribution in [2.24, 2.45) is 0 Å². The Morgan fingerprint density at radius 2 is 2.00 bits per heavy atom. The van der Waals surface area contributed by atoms with Gasteiger partial charge in [-0.1, -0.05) is 30.3 Å². The minimum absolute atomic E-state index is 0.0290. The van der Waals surface area contributed by atoms with Gasteiger partial charge >= 0.3 is 0 Å². The van der Waals surface area contributed by atoms with E-state index in [9.17, 15) is 4.79 Å². The quantitative estimate of drug-likeness (QED) is 0.716. The molecule has 0 aliphatic carbocycles. The number of carbonyl (C=O) groups excluding carboxylic acids is 1. The predicted octanol–water partition coefficient (Wildman–Crippen LogP) is 1.01. The zero-order chi connectivity index (χ0) is 9.54. The molecule has 2 bridgehead atoms. The van der Waals surface area contributed by atoms with E-state index in [1.54, 1.807) is 0 Å². The Morgan fingerprint density at radius 3 is 2.64 bits per heavy atom. The average Bonchev–Trinajstić information content (AvgIpc) is 2.16. The fraction of sp³-hybridized carbons (Fsp3) is 0.364. The molecule has 3 unspecified atom stereocenters. The molecule has 3 saturated heterocycles. The highest BCUT2D eigenvalue weighted by atomic mass is 16.5. The minimum atomic E-state index is -0.181. The average molecular weight is 189 g/mol. The zero-order valence-corrected chi connectivity index (χ0v) is 7.64. The van der Waals surface area contributed by atoms with Crippen molar-refractivity contribution in [3.8, 4) is 0 Å². The van der Waals surface area contributed by atoms with Gasteiger partial charge in [-0.3, -0.25) is 4.79 Å². The second-order valence-corrected chi connectivity index (χ2v) is 3.80. The highest BCUT2D eigenvalue weighted by Gasteiger charge is 2.47. The van der Waals surface area contributed by atoms with Gasteiger partial charge in [0.25, 0.3) is 0 Å². The van der Waals surface area contributed by atoms with Crippen molar-refractivity contribution in [3.63, 3.8) is 0 Å². The first-order valence-corrected chi connectivity index (χ1v) is 4.85. The van der Waals surface area contributed by atoms with Crippen LogP contribution in [0.5, 0.6) is 0 Å². The summed E-state index contributed by atoms with van der Waals surface area (Å²) < 4.78 is 5.44. The lowest BCUT2D eigenvalue weighted by Gasteiger charge is -2.46. The second-order valence-electron chi connectivity index (χ2n) is 3.80. The molecular formula is C11H11NO2. The van der Waals surface area contributed by atoms with E-state index < -0.39 is 0 Å². The summed E-state index contributed by atoms with van der Waals surface area (Å²) in [6.45, 7) is 0. The maximum Gasteiger partial charge on any atom is 0.249 e. The predicted molar refractivity (Wildman–Crippen MR) is 50.6 cm³/mol. The topological polar surface area (TPSA) is 38.3 Å². The molecule has 0 saturated carbocycles. The van der Waals surface area contributed by atoms with Gasteiger partial charge in [0.2, 0.25) is 5.91 Å². The van der Waals surface area contributed by atoms with Crippen LogP contribution in [0.4, 0.5) is 0 Å². The fourth-order valence-electron chi connectivity index (χ4n) is 2.09. The molecule has 0 aromatic heterocycles. The summed E-state index contributed by atoms with van der Waals surface area (Å²) in [5.41, 5.74) is 1.13. The van der Waals surface area contributed by atoms with E-state index in [1.807, 2.05) is 30.3 Å². The molecule has 3 aliphatic heterocycles. The van der Waals surface area contributed by atoms with E-state index in [-0.39, 0.29) is 24.2 Å². The monoisotopic (exact) mass is 189 g/mol. The summed E-state index contributed by atoms with van der Waals surface area (Å²) in [5, 5.41) is 2.97. The van der Waals surface area contributed by atoms with Crippen molar-refractivity contribution < 1.29 is 9.53 Å². The van der Waals surface area contributed by atoms with E-state index in [2.05, 4.69) is 5.32 Å². The van der Waals surface area contributed by atoms with Gasteiger partial charge in [0.05, 0.1) is 12.1 Å². The van der Waals surface area contributed by atoms with Crippen LogP contribution in [0.15, 0.2) is 30.3 Å². The Kier molecular flexibility index (Phi) is 1.61. The molecule has 72 valence electrons. The number of amides is 1. The van der Waals surface area contributed by atoms with Crippen LogP contribution in [0, 0.1) is 0 Å². The third-order valence-electron chi connectivity index (χ3n) is 2.91. The molecule has 14 heavy (non-hydrogen) atoms. The van der Waals surface area contributed by atoms with Crippen LogP contribution in [-0.4, -0.2) is 18.1 Å². The molecule has 3 heteroatoms. The molecule has 3 atom stereocenters. The van der Waals surface area contributed by atoms with Crippen LogP contribution in [0.3, 0.4) is 0 Å². The first-order valence-electron chi connectivity index (χ1n) is 4.85. The number of morpholine rings is 1. The largest absolute Gasteiger partial charge is 0.362 e. The summed E-state index contributed by atoms with van der Waals surface area (Å²) in [4.78, 5) is 11.4. The highest BCUT2D eigenvalue weighted by molar-refractivity contribution is 5.83. The third-order valence-corrected chi connectivity index (χ3v) is 2.91. The first-order chi connectivity index (χ1) is 6.84. The molecule has 1 aromatic carbocycles. The number of benzene rings is 1. The normalized spacial score (nSPS) is 34.6. The molecule has 1 N–H and O–H groups in total. The van der Waals surface area contributed by atoms with E-state index in [1.165, 1.54) is 0 Å². The van der Waals surface area contributed by atoms with Crippen molar-refractivity contribution in [1.29, 1.82) is 0 Å². The van der Waals surface area contributed by atoms with Crippen molar-refractivity contribution in [2.45, 2.75) is 24.7 Å². The van der Waals surface area contributed by atoms with Crippen LogP contribution in [0.2, 0.25) is 0 Å². The van der Waals surface area contributed by atoms with Gasteiger partial charge in [0.15, 0.2) is 0 Å². The number of carbonyl (C=O) groups is 1. The SMILES string of the molecule is O=C1NC(c2ccccc2)C2CC1O2. The Morgan fingerprint density at radius 1 is 1.29 bits per heavy atom. The number of hydrogen-bond acceptors (Lipinski definition) is 2. The van der Waals surface area contributed by atoms with Gasteiger partial charge in [-0.2, -0.15) is 0 Å². The summed E-state index contributed by atoms with van der Waals surface area (Å²) >= 11 is 0. The third kappa shape index (κ3) is 1.06. The van der Waals surface area contributed by atoms with Crippen molar-refractivity contribution in [3.05, 3.63) is 35.9 Å². The molecular weight excluding hydrogens is 178 g/mol. The second kappa shape index (κ2) is 2.82. The lowest BCUT2D eigenvalue weighted by molar-refractivity contribution is -0.187. The number of fused-ring (bicyclic) bond motifs is 2. The van der Waals surface area contributed by atoms with Gasteiger partial charge in [-0.05, 0) is 5.56 Å². The van der Waals surface area contributed by atoms with Crippen molar-refractivity contribution in [2.75, 3.05) is 0 Å². The Bertz CT molecular complexity index is 357. The molecule has 3 heterocycles. The Labute approximate surface area is 82.1 Å². The molecule has 1 amide bonds. The van der Waals surface area contributed by atoms with Crippen LogP contribution in [-0.2, 0) is 9.53 Å². The van der Waals surface area contributed by atoms with Gasteiger partial charge in [-0.25, -0.2) is 0 Å². The first kappa shape index (κ1) is 8.00. The van der Waals surface area contributed by atoms with E-state index >= 15 is 0 Å². The van der Waals surface area contributed by atoms with Crippen LogP contribution in [0.1, 0.15) is 18.0 Å². The maximum absolute atomic E-state index is 11.4. The number of piperidine rings is 1. The van der Waals surface area contributed by atoms with Crippen molar-refractivity contribution in [1.82, 2.24) is 5.32 Å². The number of hydrogen-bond donors (Lipinski definition) is 1. The summed E-state index contributed by atoms with van der Waals surface area (Å²) in [5.74, 6) is 0.0290. The molecule has 3 aliphatic rings. The van der Waals surface area contributed by atoms with E-state index in [4.69, 9.17) is 4.74 Å². The molecule has 1 aromatic rings. The molecule has 4 rings (SSSR count). The zero-order valence-electron chi connectivity index (χ0n) is 7.64. The van der Waals surface area contributed by atoms with Crippen LogP contribution in [0.25, 0.3) is 0 Å². The van der Waals surface area contributed by atoms with Gasteiger partial charge in [0.1, 0.15) is 6.10 Å². The van der Waals surface area contributed by atoms with Gasteiger partial charge < -0.3 is 10.1 Å². The van der Waals surface area contributed by atoms with Gasteiger partial charge in [0, 0.05) is 6.42 Å².